The van der Waals surface area contributed by atoms with Crippen molar-refractivity contribution in [2.75, 3.05) is 39.1 Å². The smallest absolute Gasteiger partial charge is 0.119 e. The highest BCUT2D eigenvalue weighted by molar-refractivity contribution is 7.99. The summed E-state index contributed by atoms with van der Waals surface area (Å²) in [6.07, 6.45) is 10.1. The number of fused-ring (bicyclic) bond motifs is 1. The van der Waals surface area contributed by atoms with Crippen LogP contribution in [0.5, 0.6) is 5.75 Å². The number of ether oxygens (including phenoxy) is 1. The molecule has 34 heavy (non-hydrogen) atoms. The molecule has 0 radical (unpaired) electrons. The number of aromatic nitrogens is 1. The highest BCUT2D eigenvalue weighted by atomic mass is 32.2. The fourth-order valence-corrected chi connectivity index (χ4v) is 7.01. The molecule has 6 nitrogen and oxygen atoms in total. The van der Waals surface area contributed by atoms with Crippen molar-refractivity contribution in [2.45, 2.75) is 69.3 Å². The number of nitrogens with two attached hydrogens (primary N) is 1. The molecule has 0 amide bonds. The fourth-order valence-electron chi connectivity index (χ4n) is 5.65. The molecule has 1 saturated carbocycles. The molecule has 0 unspecified atom stereocenters. The molecule has 1 aliphatic carbocycles. The van der Waals surface area contributed by atoms with Crippen LogP contribution < -0.4 is 10.5 Å². The number of hydrogen-bond donors (Lipinski definition) is 3. The molecule has 2 aliphatic rings. The Hall–Kier alpha value is -1.38. The van der Waals surface area contributed by atoms with Crippen LogP contribution in [0, 0.1) is 5.41 Å². The number of likely N-dealkylation sites (tertiary alicyclic amines) is 1. The average molecular weight is 488 g/mol. The number of hydrogen-bond acceptors (Lipinski definition) is 7. The Labute approximate surface area is 208 Å². The zero-order valence-corrected chi connectivity index (χ0v) is 21.4. The van der Waals surface area contributed by atoms with Crippen molar-refractivity contribution in [2.24, 2.45) is 11.1 Å². The second-order valence-corrected chi connectivity index (χ2v) is 11.5. The molecule has 1 saturated heterocycles. The van der Waals surface area contributed by atoms with Gasteiger partial charge in [0.05, 0.1) is 18.7 Å². The monoisotopic (exact) mass is 487 g/mol. The van der Waals surface area contributed by atoms with Crippen LogP contribution in [0.15, 0.2) is 24.4 Å². The molecule has 188 valence electrons. The van der Waals surface area contributed by atoms with E-state index >= 15 is 0 Å². The summed E-state index contributed by atoms with van der Waals surface area (Å²) in [5, 5.41) is 23.4. The van der Waals surface area contributed by atoms with Gasteiger partial charge in [-0.1, -0.05) is 12.8 Å². The van der Waals surface area contributed by atoms with Gasteiger partial charge >= 0.3 is 0 Å². The molecule has 2 fully saturated rings. The molecule has 2 heterocycles. The van der Waals surface area contributed by atoms with Crippen molar-refractivity contribution in [3.8, 4) is 5.75 Å². The first-order valence-electron chi connectivity index (χ1n) is 12.9. The van der Waals surface area contributed by atoms with Gasteiger partial charge in [-0.25, -0.2) is 0 Å². The molecule has 1 aliphatic heterocycles. The number of rotatable bonds is 11. The van der Waals surface area contributed by atoms with Gasteiger partial charge in [0.1, 0.15) is 5.75 Å². The third-order valence-electron chi connectivity index (χ3n) is 8.02. The first kappa shape index (κ1) is 25.7. The lowest BCUT2D eigenvalue weighted by Gasteiger charge is -2.41. The second-order valence-electron chi connectivity index (χ2n) is 10.1. The molecule has 7 heteroatoms. The van der Waals surface area contributed by atoms with Gasteiger partial charge in [0, 0.05) is 42.3 Å². The minimum atomic E-state index is -0.652. The first-order chi connectivity index (χ1) is 16.6. The number of thioether (sulfide) groups is 1. The third kappa shape index (κ3) is 6.05. The van der Waals surface area contributed by atoms with Crippen molar-refractivity contribution in [3.63, 3.8) is 0 Å². The van der Waals surface area contributed by atoms with E-state index in [1.54, 1.807) is 13.3 Å². The van der Waals surface area contributed by atoms with E-state index in [0.717, 1.165) is 71.9 Å². The molecule has 4 rings (SSSR count). The summed E-state index contributed by atoms with van der Waals surface area (Å²) in [6, 6.07) is 5.74. The van der Waals surface area contributed by atoms with Crippen LogP contribution in [-0.2, 0) is 6.54 Å². The Bertz CT molecular complexity index is 921. The van der Waals surface area contributed by atoms with Crippen molar-refractivity contribution in [1.82, 2.24) is 9.88 Å². The summed E-state index contributed by atoms with van der Waals surface area (Å²) in [4.78, 5) is 7.07. The van der Waals surface area contributed by atoms with Crippen molar-refractivity contribution in [3.05, 3.63) is 35.5 Å². The highest BCUT2D eigenvalue weighted by Crippen LogP contribution is 2.40. The maximum Gasteiger partial charge on any atom is 0.119 e. The molecule has 4 N–H and O–H groups in total. The van der Waals surface area contributed by atoms with Crippen LogP contribution >= 0.6 is 11.8 Å². The topological polar surface area (TPSA) is 91.8 Å². The van der Waals surface area contributed by atoms with Crippen molar-refractivity contribution in [1.29, 1.82) is 0 Å². The maximum atomic E-state index is 11.3. The average Bonchev–Trinajstić information content (AvgIpc) is 3.40. The van der Waals surface area contributed by atoms with Crippen molar-refractivity contribution < 1.29 is 14.9 Å². The molecule has 0 spiro atoms. The van der Waals surface area contributed by atoms with E-state index in [9.17, 15) is 10.2 Å². The lowest BCUT2D eigenvalue weighted by molar-refractivity contribution is 0.0253. The van der Waals surface area contributed by atoms with Crippen LogP contribution in [0.2, 0.25) is 0 Å². The van der Waals surface area contributed by atoms with Gasteiger partial charge in [0.25, 0.3) is 0 Å². The van der Waals surface area contributed by atoms with Crippen LogP contribution in [-0.4, -0.2) is 64.5 Å². The number of pyridine rings is 1. The Balaban J connectivity index is 1.36. The van der Waals surface area contributed by atoms with E-state index in [2.05, 4.69) is 21.6 Å². The number of methoxy groups -OCH3 is 1. The van der Waals surface area contributed by atoms with Gasteiger partial charge in [0.15, 0.2) is 0 Å². The molecular weight excluding hydrogens is 446 g/mol. The normalized spacial score (nSPS) is 20.1. The van der Waals surface area contributed by atoms with E-state index in [0.29, 0.717) is 13.0 Å². The van der Waals surface area contributed by atoms with E-state index in [1.165, 1.54) is 31.4 Å². The molecule has 2 aromatic rings. The van der Waals surface area contributed by atoms with Crippen LogP contribution in [0.4, 0.5) is 0 Å². The fraction of sp³-hybridized carbons (Fsp3) is 0.667. The lowest BCUT2D eigenvalue weighted by Crippen LogP contribution is -2.43. The van der Waals surface area contributed by atoms with Gasteiger partial charge in [-0.2, -0.15) is 11.8 Å². The number of nitrogens with zero attached hydrogens (tertiary/aromatic N) is 2. The Kier molecular flexibility index (Phi) is 9.10. The van der Waals surface area contributed by atoms with Gasteiger partial charge in [0.2, 0.25) is 0 Å². The summed E-state index contributed by atoms with van der Waals surface area (Å²) in [5.41, 5.74) is 8.43. The van der Waals surface area contributed by atoms with E-state index in [4.69, 9.17) is 10.5 Å². The summed E-state index contributed by atoms with van der Waals surface area (Å²) in [5.74, 6) is 1.96. The summed E-state index contributed by atoms with van der Waals surface area (Å²) >= 11 is 2.15. The second kappa shape index (κ2) is 12.0. The molecule has 1 aromatic carbocycles. The zero-order chi connectivity index (χ0) is 24.0. The third-order valence-corrected chi connectivity index (χ3v) is 9.38. The largest absolute Gasteiger partial charge is 0.497 e. The van der Waals surface area contributed by atoms with Crippen LogP contribution in [0.1, 0.15) is 68.6 Å². The van der Waals surface area contributed by atoms with E-state index in [-0.39, 0.29) is 12.0 Å². The van der Waals surface area contributed by atoms with Gasteiger partial charge in [-0.05, 0) is 86.4 Å². The maximum absolute atomic E-state index is 11.3. The Morgan fingerprint density at radius 2 is 2.03 bits per heavy atom. The predicted molar refractivity (Wildman–Crippen MR) is 140 cm³/mol. The van der Waals surface area contributed by atoms with Gasteiger partial charge in [-0.3, -0.25) is 4.98 Å². The highest BCUT2D eigenvalue weighted by Gasteiger charge is 2.34. The first-order valence-corrected chi connectivity index (χ1v) is 13.9. The van der Waals surface area contributed by atoms with Gasteiger partial charge in [-0.15, -0.1) is 0 Å². The summed E-state index contributed by atoms with van der Waals surface area (Å²) < 4.78 is 5.41. The van der Waals surface area contributed by atoms with Crippen LogP contribution in [0.3, 0.4) is 0 Å². The van der Waals surface area contributed by atoms with Crippen molar-refractivity contribution >= 4 is 22.7 Å². The molecular formula is C27H41N3O3S. The number of piperidine rings is 1. The Morgan fingerprint density at radius 3 is 2.71 bits per heavy atom. The standard InChI is InChI=1S/C27H41N3O3S/c1-33-21-6-7-24-23(16-21)26(20(17-28)18-29-24)25(32)8-9-27(19-31)10-12-30(13-11-27)14-15-34-22-4-2-3-5-22/h6-7,16,18,22,25,31-32H,2-5,8-15,17,19,28H2,1H3/t25-/m0/s1. The molecule has 0 bridgehead atoms. The van der Waals surface area contributed by atoms with Crippen LogP contribution in [0.25, 0.3) is 10.9 Å². The van der Waals surface area contributed by atoms with E-state index in [1.807, 2.05) is 18.2 Å². The lowest BCUT2D eigenvalue weighted by atomic mass is 9.74. The molecule has 1 aromatic heterocycles. The minimum Gasteiger partial charge on any atom is -0.497 e. The number of aliphatic hydroxyl groups is 2. The number of aliphatic hydroxyl groups excluding tert-OH is 2. The summed E-state index contributed by atoms with van der Waals surface area (Å²) in [6.45, 7) is 3.72. The number of benzene rings is 1. The van der Waals surface area contributed by atoms with Gasteiger partial charge < -0.3 is 25.6 Å². The predicted octanol–water partition coefficient (Wildman–Crippen LogP) is 4.27. The quantitative estimate of drug-likeness (QED) is 0.436. The summed E-state index contributed by atoms with van der Waals surface area (Å²) in [7, 11) is 1.64. The minimum absolute atomic E-state index is 0.112. The Morgan fingerprint density at radius 1 is 1.26 bits per heavy atom. The molecule has 1 atom stereocenters. The SMILES string of the molecule is COc1ccc2ncc(CN)c([C@@H](O)CCC3(CO)CCN(CCSC4CCCC4)CC3)c2c1. The zero-order valence-electron chi connectivity index (χ0n) is 20.5. The van der Waals surface area contributed by atoms with E-state index < -0.39 is 6.10 Å².